The van der Waals surface area contributed by atoms with Crippen LogP contribution >= 0.6 is 11.3 Å². The second kappa shape index (κ2) is 5.87. The van der Waals surface area contributed by atoms with Gasteiger partial charge in [0.15, 0.2) is 0 Å². The molecule has 6 nitrogen and oxygen atoms in total. The number of pyridine rings is 1. The van der Waals surface area contributed by atoms with E-state index in [9.17, 15) is 9.59 Å². The molecule has 0 atom stereocenters. The summed E-state index contributed by atoms with van der Waals surface area (Å²) in [6.07, 6.45) is 1.93. The summed E-state index contributed by atoms with van der Waals surface area (Å²) in [7, 11) is 3.22. The highest BCUT2D eigenvalue weighted by Gasteiger charge is 2.20. The first kappa shape index (κ1) is 14.3. The predicted octanol–water partition coefficient (Wildman–Crippen LogP) is 1.09. The maximum atomic E-state index is 12.3. The highest BCUT2D eigenvalue weighted by molar-refractivity contribution is 7.21. The van der Waals surface area contributed by atoms with Gasteiger partial charge < -0.3 is 16.0 Å². The third-order valence-corrected chi connectivity index (χ3v) is 4.12. The van der Waals surface area contributed by atoms with Gasteiger partial charge in [-0.3, -0.25) is 9.59 Å². The number of thiophene rings is 1. The molecule has 0 saturated heterocycles. The largest absolute Gasteiger partial charge is 0.397 e. The number of carbonyl (C=O) groups excluding carboxylic acids is 2. The zero-order chi connectivity index (χ0) is 14.7. The minimum absolute atomic E-state index is 0.101. The van der Waals surface area contributed by atoms with Gasteiger partial charge in [0.05, 0.1) is 5.69 Å². The topological polar surface area (TPSA) is 88.3 Å². The van der Waals surface area contributed by atoms with Crippen molar-refractivity contribution >= 4 is 39.1 Å². The van der Waals surface area contributed by atoms with Gasteiger partial charge in [0.2, 0.25) is 5.91 Å². The van der Waals surface area contributed by atoms with Crippen molar-refractivity contribution < 1.29 is 9.59 Å². The van der Waals surface area contributed by atoms with E-state index in [4.69, 9.17) is 5.73 Å². The average Bonchev–Trinajstić information content (AvgIpc) is 2.81. The Morgan fingerprint density at radius 1 is 1.50 bits per heavy atom. The molecule has 0 radical (unpaired) electrons. The molecule has 2 amide bonds. The molecule has 2 aromatic heterocycles. The lowest BCUT2D eigenvalue weighted by molar-refractivity contribution is -0.120. The molecule has 0 aliphatic rings. The van der Waals surface area contributed by atoms with E-state index in [2.05, 4.69) is 10.3 Å². The van der Waals surface area contributed by atoms with E-state index in [0.29, 0.717) is 17.1 Å². The Morgan fingerprint density at radius 3 is 2.90 bits per heavy atom. The maximum Gasteiger partial charge on any atom is 0.265 e. The van der Waals surface area contributed by atoms with Gasteiger partial charge in [0.1, 0.15) is 9.71 Å². The molecule has 7 heteroatoms. The first-order valence-corrected chi connectivity index (χ1v) is 6.95. The fourth-order valence-corrected chi connectivity index (χ4v) is 2.84. The number of nitrogens with two attached hydrogens (primary N) is 1. The number of aromatic nitrogens is 1. The van der Waals surface area contributed by atoms with Crippen LogP contribution in [0.15, 0.2) is 18.3 Å². The Bertz CT molecular complexity index is 653. The number of nitrogens with one attached hydrogen (secondary N) is 1. The normalized spacial score (nSPS) is 10.5. The van der Waals surface area contributed by atoms with Crippen molar-refractivity contribution in [3.05, 3.63) is 23.2 Å². The van der Waals surface area contributed by atoms with E-state index in [-0.39, 0.29) is 18.2 Å². The van der Waals surface area contributed by atoms with Crippen LogP contribution in [-0.4, -0.2) is 42.3 Å². The molecule has 0 saturated carbocycles. The molecule has 0 unspecified atom stereocenters. The molecule has 106 valence electrons. The summed E-state index contributed by atoms with van der Waals surface area (Å²) in [4.78, 5) is 30.4. The third kappa shape index (κ3) is 2.72. The minimum atomic E-state index is -0.186. The van der Waals surface area contributed by atoms with Gasteiger partial charge in [-0.05, 0) is 12.1 Å². The van der Waals surface area contributed by atoms with Crippen LogP contribution in [0.4, 0.5) is 5.69 Å². The number of hydrogen-bond acceptors (Lipinski definition) is 5. The van der Waals surface area contributed by atoms with Crippen LogP contribution in [0, 0.1) is 0 Å². The second-order valence-electron chi connectivity index (χ2n) is 4.35. The number of rotatable bonds is 4. The monoisotopic (exact) mass is 292 g/mol. The van der Waals surface area contributed by atoms with Gasteiger partial charge in [-0.25, -0.2) is 4.98 Å². The molecular formula is C13H16N4O2S. The van der Waals surface area contributed by atoms with Crippen LogP contribution in [0.25, 0.3) is 10.2 Å². The molecule has 3 N–H and O–H groups in total. The summed E-state index contributed by atoms with van der Waals surface area (Å²) >= 11 is 1.27. The van der Waals surface area contributed by atoms with Gasteiger partial charge in [0.25, 0.3) is 5.91 Å². The first-order chi connectivity index (χ1) is 9.54. The van der Waals surface area contributed by atoms with E-state index in [1.165, 1.54) is 16.2 Å². The van der Waals surface area contributed by atoms with E-state index >= 15 is 0 Å². The quantitative estimate of drug-likeness (QED) is 0.883. The summed E-state index contributed by atoms with van der Waals surface area (Å²) < 4.78 is 0. The lowest BCUT2D eigenvalue weighted by Gasteiger charge is -2.15. The highest BCUT2D eigenvalue weighted by atomic mass is 32.1. The SMILES string of the molecule is CNC(=O)CCN(C)C(=O)c1sc2ncccc2c1N. The van der Waals surface area contributed by atoms with Crippen molar-refractivity contribution in [2.75, 3.05) is 26.4 Å². The van der Waals surface area contributed by atoms with E-state index in [1.54, 1.807) is 26.4 Å². The standard InChI is InChI=1S/C13H16N4O2S/c1-15-9(18)5-7-17(2)13(19)11-10(14)8-4-3-6-16-12(8)20-11/h3-4,6H,5,7,14H2,1-2H3,(H,15,18). The summed E-state index contributed by atoms with van der Waals surface area (Å²) in [5.74, 6) is -0.287. The van der Waals surface area contributed by atoms with Crippen molar-refractivity contribution in [3.63, 3.8) is 0 Å². The molecule has 0 aromatic carbocycles. The molecule has 0 spiro atoms. The number of carbonyl (C=O) groups is 2. The summed E-state index contributed by atoms with van der Waals surface area (Å²) in [6.45, 7) is 0.347. The maximum absolute atomic E-state index is 12.3. The number of fused-ring (bicyclic) bond motifs is 1. The van der Waals surface area contributed by atoms with Crippen molar-refractivity contribution in [2.24, 2.45) is 0 Å². The summed E-state index contributed by atoms with van der Waals surface area (Å²) in [5.41, 5.74) is 6.46. The molecular weight excluding hydrogens is 276 g/mol. The number of nitrogen functional groups attached to an aromatic ring is 1. The lowest BCUT2D eigenvalue weighted by atomic mass is 10.2. The number of amides is 2. The van der Waals surface area contributed by atoms with Gasteiger partial charge in [-0.1, -0.05) is 0 Å². The molecule has 0 bridgehead atoms. The van der Waals surface area contributed by atoms with Crippen LogP contribution in [0.5, 0.6) is 0 Å². The van der Waals surface area contributed by atoms with Crippen molar-refractivity contribution in [1.29, 1.82) is 0 Å². The van der Waals surface area contributed by atoms with Gasteiger partial charge >= 0.3 is 0 Å². The van der Waals surface area contributed by atoms with Crippen LogP contribution in [0.2, 0.25) is 0 Å². The van der Waals surface area contributed by atoms with Crippen molar-refractivity contribution in [2.45, 2.75) is 6.42 Å². The Hall–Kier alpha value is -2.15. The third-order valence-electron chi connectivity index (χ3n) is 3.00. The molecule has 20 heavy (non-hydrogen) atoms. The van der Waals surface area contributed by atoms with Gasteiger partial charge in [0, 0.05) is 38.6 Å². The molecule has 0 aliphatic carbocycles. The number of anilines is 1. The van der Waals surface area contributed by atoms with E-state index in [1.807, 2.05) is 6.07 Å². The second-order valence-corrected chi connectivity index (χ2v) is 5.35. The molecule has 2 rings (SSSR count). The Balaban J connectivity index is 2.18. The van der Waals surface area contributed by atoms with E-state index < -0.39 is 0 Å². The molecule has 2 aromatic rings. The lowest BCUT2D eigenvalue weighted by Crippen LogP contribution is -2.31. The zero-order valence-electron chi connectivity index (χ0n) is 11.3. The minimum Gasteiger partial charge on any atom is -0.397 e. The first-order valence-electron chi connectivity index (χ1n) is 6.13. The van der Waals surface area contributed by atoms with Crippen LogP contribution in [0.3, 0.4) is 0 Å². The Labute approximate surface area is 120 Å². The van der Waals surface area contributed by atoms with Gasteiger partial charge in [-0.15, -0.1) is 11.3 Å². The van der Waals surface area contributed by atoms with E-state index in [0.717, 1.165) is 10.2 Å². The summed E-state index contributed by atoms with van der Waals surface area (Å²) in [5, 5.41) is 3.32. The fourth-order valence-electron chi connectivity index (χ4n) is 1.78. The van der Waals surface area contributed by atoms with Crippen LogP contribution in [0.1, 0.15) is 16.1 Å². The highest BCUT2D eigenvalue weighted by Crippen LogP contribution is 2.32. The van der Waals surface area contributed by atoms with Crippen LogP contribution < -0.4 is 11.1 Å². The smallest absolute Gasteiger partial charge is 0.265 e. The number of hydrogen-bond donors (Lipinski definition) is 2. The molecule has 2 heterocycles. The molecule has 0 fully saturated rings. The van der Waals surface area contributed by atoms with Crippen molar-refractivity contribution in [3.8, 4) is 0 Å². The fraction of sp³-hybridized carbons (Fsp3) is 0.308. The van der Waals surface area contributed by atoms with Crippen LogP contribution in [-0.2, 0) is 4.79 Å². The Kier molecular flexibility index (Phi) is 4.19. The predicted molar refractivity (Wildman–Crippen MR) is 79.7 cm³/mol. The van der Waals surface area contributed by atoms with Gasteiger partial charge in [-0.2, -0.15) is 0 Å². The molecule has 0 aliphatic heterocycles. The Morgan fingerprint density at radius 2 is 2.25 bits per heavy atom. The average molecular weight is 292 g/mol. The van der Waals surface area contributed by atoms with Crippen molar-refractivity contribution in [1.82, 2.24) is 15.2 Å². The number of nitrogens with zero attached hydrogens (tertiary/aromatic N) is 2. The zero-order valence-corrected chi connectivity index (χ0v) is 12.2. The summed E-state index contributed by atoms with van der Waals surface area (Å²) in [6, 6.07) is 3.63.